The highest BCUT2D eigenvalue weighted by Crippen LogP contribution is 2.20. The molecule has 1 amide bonds. The molecule has 0 aliphatic carbocycles. The zero-order valence-corrected chi connectivity index (χ0v) is 14.2. The highest BCUT2D eigenvalue weighted by molar-refractivity contribution is 7.13. The normalized spacial score (nSPS) is 15.2. The van der Waals surface area contributed by atoms with Crippen LogP contribution in [0.2, 0.25) is 0 Å². The van der Waals surface area contributed by atoms with Crippen LogP contribution in [-0.4, -0.2) is 57.0 Å². The van der Waals surface area contributed by atoms with Crippen LogP contribution >= 0.6 is 11.3 Å². The Morgan fingerprint density at radius 1 is 1.25 bits per heavy atom. The van der Waals surface area contributed by atoms with Crippen LogP contribution in [0.3, 0.4) is 0 Å². The fraction of sp³-hybridized carbons (Fsp3) is 0.375. The van der Waals surface area contributed by atoms with Gasteiger partial charge in [-0.15, -0.1) is 16.4 Å². The average molecular weight is 342 g/mol. The lowest BCUT2D eigenvalue weighted by atomic mass is 10.1. The van der Waals surface area contributed by atoms with Crippen molar-refractivity contribution in [3.8, 4) is 0 Å². The molecule has 0 atom stereocenters. The van der Waals surface area contributed by atoms with Crippen molar-refractivity contribution in [3.63, 3.8) is 0 Å². The monoisotopic (exact) mass is 342 g/mol. The SMILES string of the molecule is CCn1nnc2cc(C(=O)N3CCN(c4nccs4)CC3)ccc21. The molecular formula is C16H18N6OS. The van der Waals surface area contributed by atoms with Gasteiger partial charge in [-0.05, 0) is 25.1 Å². The predicted octanol–water partition coefficient (Wildman–Crippen LogP) is 1.87. The highest BCUT2D eigenvalue weighted by atomic mass is 32.1. The number of thiazole rings is 1. The zero-order chi connectivity index (χ0) is 16.5. The summed E-state index contributed by atoms with van der Waals surface area (Å²) in [4.78, 5) is 21.2. The quantitative estimate of drug-likeness (QED) is 0.727. The van der Waals surface area contributed by atoms with Crippen molar-refractivity contribution < 1.29 is 4.79 Å². The number of aromatic nitrogens is 4. The molecule has 124 valence electrons. The number of nitrogens with zero attached hydrogens (tertiary/aromatic N) is 6. The smallest absolute Gasteiger partial charge is 0.254 e. The number of rotatable bonds is 3. The molecule has 1 fully saturated rings. The van der Waals surface area contributed by atoms with E-state index in [0.717, 1.165) is 35.8 Å². The first-order valence-electron chi connectivity index (χ1n) is 8.03. The Hall–Kier alpha value is -2.48. The van der Waals surface area contributed by atoms with Crippen molar-refractivity contribution in [2.24, 2.45) is 0 Å². The number of benzene rings is 1. The van der Waals surface area contributed by atoms with Crippen LogP contribution in [0.4, 0.5) is 5.13 Å². The third-order valence-corrected chi connectivity index (χ3v) is 5.15. The second-order valence-electron chi connectivity index (χ2n) is 5.70. The summed E-state index contributed by atoms with van der Waals surface area (Å²) in [6.07, 6.45) is 1.82. The molecule has 0 N–H and O–H groups in total. The largest absolute Gasteiger partial charge is 0.345 e. The van der Waals surface area contributed by atoms with E-state index in [1.54, 1.807) is 11.3 Å². The lowest BCUT2D eigenvalue weighted by Crippen LogP contribution is -2.48. The number of piperazine rings is 1. The van der Waals surface area contributed by atoms with Crippen molar-refractivity contribution in [1.82, 2.24) is 24.9 Å². The van der Waals surface area contributed by atoms with E-state index in [9.17, 15) is 4.79 Å². The van der Waals surface area contributed by atoms with Gasteiger partial charge >= 0.3 is 0 Å². The van der Waals surface area contributed by atoms with Gasteiger partial charge in [-0.1, -0.05) is 5.21 Å². The molecule has 1 aliphatic rings. The Balaban J connectivity index is 1.48. The topological polar surface area (TPSA) is 67.2 Å². The summed E-state index contributed by atoms with van der Waals surface area (Å²) < 4.78 is 1.83. The third kappa shape index (κ3) is 2.62. The van der Waals surface area contributed by atoms with E-state index < -0.39 is 0 Å². The summed E-state index contributed by atoms with van der Waals surface area (Å²) in [7, 11) is 0. The maximum absolute atomic E-state index is 12.8. The summed E-state index contributed by atoms with van der Waals surface area (Å²) >= 11 is 1.64. The highest BCUT2D eigenvalue weighted by Gasteiger charge is 2.23. The molecule has 3 aromatic rings. The van der Waals surface area contributed by atoms with Gasteiger partial charge in [-0.25, -0.2) is 9.67 Å². The van der Waals surface area contributed by atoms with Gasteiger partial charge in [0, 0.05) is 49.9 Å². The van der Waals surface area contributed by atoms with Crippen LogP contribution < -0.4 is 4.90 Å². The van der Waals surface area contributed by atoms with Gasteiger partial charge in [0.1, 0.15) is 5.52 Å². The lowest BCUT2D eigenvalue weighted by Gasteiger charge is -2.34. The number of fused-ring (bicyclic) bond motifs is 1. The van der Waals surface area contributed by atoms with Crippen molar-refractivity contribution in [2.45, 2.75) is 13.5 Å². The molecule has 7 nitrogen and oxygen atoms in total. The molecule has 0 unspecified atom stereocenters. The molecule has 1 saturated heterocycles. The van der Waals surface area contributed by atoms with E-state index in [1.165, 1.54) is 0 Å². The van der Waals surface area contributed by atoms with Gasteiger partial charge in [0.2, 0.25) is 0 Å². The molecule has 24 heavy (non-hydrogen) atoms. The minimum absolute atomic E-state index is 0.0572. The minimum Gasteiger partial charge on any atom is -0.345 e. The van der Waals surface area contributed by atoms with Gasteiger partial charge < -0.3 is 9.80 Å². The molecule has 1 aliphatic heterocycles. The predicted molar refractivity (Wildman–Crippen MR) is 93.4 cm³/mol. The fourth-order valence-electron chi connectivity index (χ4n) is 2.99. The van der Waals surface area contributed by atoms with Crippen molar-refractivity contribution >= 4 is 33.4 Å². The molecule has 1 aromatic carbocycles. The number of hydrogen-bond acceptors (Lipinski definition) is 6. The van der Waals surface area contributed by atoms with Gasteiger partial charge in [0.05, 0.1) is 5.52 Å². The summed E-state index contributed by atoms with van der Waals surface area (Å²) in [6.45, 7) is 5.83. The van der Waals surface area contributed by atoms with Gasteiger partial charge in [0.15, 0.2) is 5.13 Å². The Morgan fingerprint density at radius 2 is 2.08 bits per heavy atom. The van der Waals surface area contributed by atoms with Crippen molar-refractivity contribution in [1.29, 1.82) is 0 Å². The molecular weight excluding hydrogens is 324 g/mol. The number of carbonyl (C=O) groups excluding carboxylic acids is 1. The number of hydrogen-bond donors (Lipinski definition) is 0. The second-order valence-corrected chi connectivity index (χ2v) is 6.58. The Labute approximate surface area is 143 Å². The first kappa shape index (κ1) is 15.1. The Bertz CT molecular complexity index is 851. The van der Waals surface area contributed by atoms with Crippen LogP contribution in [0.5, 0.6) is 0 Å². The third-order valence-electron chi connectivity index (χ3n) is 4.32. The maximum Gasteiger partial charge on any atom is 0.254 e. The second kappa shape index (κ2) is 6.20. The molecule has 8 heteroatoms. The van der Waals surface area contributed by atoms with Crippen LogP contribution in [-0.2, 0) is 6.54 Å². The van der Waals surface area contributed by atoms with Crippen molar-refractivity contribution in [2.75, 3.05) is 31.1 Å². The number of anilines is 1. The molecule has 0 spiro atoms. The Kier molecular flexibility index (Phi) is 3.89. The summed E-state index contributed by atoms with van der Waals surface area (Å²) in [5.41, 5.74) is 2.40. The molecule has 0 radical (unpaired) electrons. The number of amides is 1. The standard InChI is InChI=1S/C16H18N6OS/c1-2-22-14-4-3-12(11-13(14)18-19-22)15(23)20-6-8-21(9-7-20)16-17-5-10-24-16/h3-5,10-11H,2,6-9H2,1H3. The van der Waals surface area contributed by atoms with E-state index in [1.807, 2.05) is 46.3 Å². The lowest BCUT2D eigenvalue weighted by molar-refractivity contribution is 0.0747. The van der Waals surface area contributed by atoms with Gasteiger partial charge in [0.25, 0.3) is 5.91 Å². The summed E-state index contributed by atoms with van der Waals surface area (Å²) in [5.74, 6) is 0.0572. The minimum atomic E-state index is 0.0572. The molecule has 0 bridgehead atoms. The van der Waals surface area contributed by atoms with Crippen LogP contribution in [0, 0.1) is 0 Å². The number of aryl methyl sites for hydroxylation is 1. The Morgan fingerprint density at radius 3 is 2.79 bits per heavy atom. The van der Waals surface area contributed by atoms with Crippen LogP contribution in [0.25, 0.3) is 11.0 Å². The van der Waals surface area contributed by atoms with Crippen LogP contribution in [0.1, 0.15) is 17.3 Å². The summed E-state index contributed by atoms with van der Waals surface area (Å²) in [6, 6.07) is 5.63. The first-order chi connectivity index (χ1) is 11.8. The molecule has 0 saturated carbocycles. The summed E-state index contributed by atoms with van der Waals surface area (Å²) in [5, 5.41) is 11.3. The van der Waals surface area contributed by atoms with Gasteiger partial charge in [-0.3, -0.25) is 4.79 Å². The molecule has 2 aromatic heterocycles. The van der Waals surface area contributed by atoms with Crippen LogP contribution in [0.15, 0.2) is 29.8 Å². The van der Waals surface area contributed by atoms with E-state index in [4.69, 9.17) is 0 Å². The molecule has 4 rings (SSSR count). The van der Waals surface area contributed by atoms with Crippen molar-refractivity contribution in [3.05, 3.63) is 35.3 Å². The van der Waals surface area contributed by atoms with E-state index >= 15 is 0 Å². The van der Waals surface area contributed by atoms with E-state index in [-0.39, 0.29) is 5.91 Å². The van der Waals surface area contributed by atoms with Gasteiger partial charge in [-0.2, -0.15) is 0 Å². The molecule has 3 heterocycles. The number of carbonyl (C=O) groups is 1. The van der Waals surface area contributed by atoms with E-state index in [0.29, 0.717) is 18.7 Å². The average Bonchev–Trinajstić information content (AvgIpc) is 3.30. The zero-order valence-electron chi connectivity index (χ0n) is 13.4. The maximum atomic E-state index is 12.8. The first-order valence-corrected chi connectivity index (χ1v) is 8.91. The fourth-order valence-corrected chi connectivity index (χ4v) is 3.69. The van der Waals surface area contributed by atoms with E-state index in [2.05, 4.69) is 20.2 Å².